The van der Waals surface area contributed by atoms with Crippen LogP contribution in [0.15, 0.2) is 24.3 Å². The second kappa shape index (κ2) is 12.8. The zero-order chi connectivity index (χ0) is 25.1. The minimum absolute atomic E-state index is 0. The van der Waals surface area contributed by atoms with Gasteiger partial charge in [0.25, 0.3) is 5.91 Å². The van der Waals surface area contributed by atoms with Gasteiger partial charge in [0.15, 0.2) is 0 Å². The monoisotopic (exact) mass is 551 g/mol. The van der Waals surface area contributed by atoms with Crippen LogP contribution < -0.4 is 5.32 Å². The van der Waals surface area contributed by atoms with Crippen molar-refractivity contribution in [1.82, 2.24) is 25.0 Å². The Morgan fingerprint density at radius 3 is 2.46 bits per heavy atom. The molecule has 0 radical (unpaired) electrons. The van der Waals surface area contributed by atoms with Crippen molar-refractivity contribution in [3.8, 4) is 0 Å². The number of aromatic nitrogens is 1. The number of hydrogen-bond acceptors (Lipinski definition) is 5. The molecule has 0 saturated carbocycles. The minimum atomic E-state index is -0.537. The molecule has 5 rings (SSSR count). The molecule has 3 fully saturated rings. The number of carbonyl (C=O) groups is 2. The van der Waals surface area contributed by atoms with E-state index < -0.39 is 6.04 Å². The lowest BCUT2D eigenvalue weighted by Gasteiger charge is -2.43. The fourth-order valence-electron chi connectivity index (χ4n) is 5.89. The Morgan fingerprint density at radius 2 is 1.76 bits per heavy atom. The van der Waals surface area contributed by atoms with Crippen LogP contribution in [0, 0.1) is 5.92 Å². The van der Waals surface area contributed by atoms with Crippen LogP contribution in [-0.2, 0) is 9.53 Å². The second-order valence-corrected chi connectivity index (χ2v) is 11.1. The maximum Gasteiger partial charge on any atom is 0.268 e. The van der Waals surface area contributed by atoms with Crippen molar-refractivity contribution < 1.29 is 14.3 Å². The van der Waals surface area contributed by atoms with Crippen molar-refractivity contribution >= 4 is 46.7 Å². The van der Waals surface area contributed by atoms with Crippen LogP contribution in [0.1, 0.15) is 42.6 Å². The molecule has 1 aromatic carbocycles. The number of H-pyrrole nitrogens is 1. The van der Waals surface area contributed by atoms with Gasteiger partial charge in [-0.25, -0.2) is 0 Å². The van der Waals surface area contributed by atoms with E-state index >= 15 is 0 Å². The highest BCUT2D eigenvalue weighted by atomic mass is 35.5. The smallest absolute Gasteiger partial charge is 0.268 e. The first-order valence-corrected chi connectivity index (χ1v) is 13.7. The van der Waals surface area contributed by atoms with Crippen molar-refractivity contribution in [2.75, 3.05) is 59.5 Å². The number of rotatable bonds is 6. The summed E-state index contributed by atoms with van der Waals surface area (Å²) >= 11 is 6.11. The molecule has 1 aromatic heterocycles. The molecular weight excluding hydrogens is 513 g/mol. The van der Waals surface area contributed by atoms with Gasteiger partial charge in [-0.1, -0.05) is 11.6 Å². The Balaban J connectivity index is 0.00000320. The van der Waals surface area contributed by atoms with Crippen LogP contribution in [-0.4, -0.2) is 103 Å². The minimum Gasteiger partial charge on any atom is -0.381 e. The summed E-state index contributed by atoms with van der Waals surface area (Å²) in [7, 11) is 2.19. The molecule has 10 heteroatoms. The average molecular weight is 553 g/mol. The van der Waals surface area contributed by atoms with Gasteiger partial charge in [-0.2, -0.15) is 0 Å². The van der Waals surface area contributed by atoms with Crippen molar-refractivity contribution in [3.05, 3.63) is 35.0 Å². The zero-order valence-corrected chi connectivity index (χ0v) is 23.2. The van der Waals surface area contributed by atoms with Gasteiger partial charge in [0.1, 0.15) is 11.7 Å². The molecule has 3 aliphatic heterocycles. The quantitative estimate of drug-likeness (QED) is 0.575. The highest BCUT2D eigenvalue weighted by molar-refractivity contribution is 6.31. The molecule has 204 valence electrons. The molecule has 0 spiro atoms. The predicted octanol–water partition coefficient (Wildman–Crippen LogP) is 3.40. The normalized spacial score (nSPS) is 21.5. The second-order valence-electron chi connectivity index (χ2n) is 10.6. The molecule has 2 N–H and O–H groups in total. The first-order valence-electron chi connectivity index (χ1n) is 13.3. The topological polar surface area (TPSA) is 80.9 Å². The molecule has 2 amide bonds. The molecule has 4 heterocycles. The summed E-state index contributed by atoms with van der Waals surface area (Å²) < 4.78 is 5.52. The number of nitrogens with zero attached hydrogens (tertiary/aromatic N) is 3. The summed E-state index contributed by atoms with van der Waals surface area (Å²) in [6, 6.07) is 7.37. The summed E-state index contributed by atoms with van der Waals surface area (Å²) in [4.78, 5) is 37.0. The van der Waals surface area contributed by atoms with E-state index in [1.165, 1.54) is 12.8 Å². The third-order valence-corrected chi connectivity index (χ3v) is 8.41. The van der Waals surface area contributed by atoms with E-state index in [-0.39, 0.29) is 24.2 Å². The number of aromatic amines is 1. The molecule has 0 aliphatic carbocycles. The number of fused-ring (bicyclic) bond motifs is 1. The molecule has 3 aliphatic rings. The van der Waals surface area contributed by atoms with Gasteiger partial charge in [0.05, 0.1) is 0 Å². The SMILES string of the molecule is CN1CCC(N2CCN(C(=O)[C@H](CC3CCOCC3)NC(=O)c3cc4cc(Cl)ccc4[nH]3)CC2)CC1.Cl. The van der Waals surface area contributed by atoms with Crippen LogP contribution in [0.2, 0.25) is 5.02 Å². The van der Waals surface area contributed by atoms with E-state index in [4.69, 9.17) is 16.3 Å². The highest BCUT2D eigenvalue weighted by Gasteiger charge is 2.33. The fraction of sp³-hybridized carbons (Fsp3) is 0.630. The van der Waals surface area contributed by atoms with Crippen LogP contribution in [0.5, 0.6) is 0 Å². The molecule has 0 bridgehead atoms. The molecular formula is C27H39Cl2N5O3. The Hall–Kier alpha value is -1.84. The Bertz CT molecular complexity index is 1060. The first-order chi connectivity index (χ1) is 17.5. The standard InChI is InChI=1S/C27H38ClN5O3.ClH/c1-31-8-4-22(5-9-31)32-10-12-33(13-11-32)27(35)25(16-19-6-14-36-15-7-19)30-26(34)24-18-20-17-21(28)2-3-23(20)29-24;/h2-3,17-19,22,25,29H,4-16H2,1H3,(H,30,34);1H/t25-;/m0./s1. The fourth-order valence-corrected chi connectivity index (χ4v) is 6.07. The molecule has 1 atom stereocenters. The van der Waals surface area contributed by atoms with Gasteiger partial charge >= 0.3 is 0 Å². The first kappa shape index (κ1) is 28.2. The van der Waals surface area contributed by atoms with Crippen molar-refractivity contribution in [2.24, 2.45) is 5.92 Å². The van der Waals surface area contributed by atoms with E-state index in [1.54, 1.807) is 12.1 Å². The number of likely N-dealkylation sites (tertiary alicyclic amines) is 1. The van der Waals surface area contributed by atoms with Gasteiger partial charge in [-0.3, -0.25) is 14.5 Å². The summed E-state index contributed by atoms with van der Waals surface area (Å²) in [6.45, 7) is 6.97. The lowest BCUT2D eigenvalue weighted by molar-refractivity contribution is -0.136. The summed E-state index contributed by atoms with van der Waals surface area (Å²) in [5.41, 5.74) is 1.30. The molecule has 37 heavy (non-hydrogen) atoms. The lowest BCUT2D eigenvalue weighted by Crippen LogP contribution is -2.57. The van der Waals surface area contributed by atoms with Gasteiger partial charge in [-0.05, 0) is 82.4 Å². The maximum atomic E-state index is 13.7. The van der Waals surface area contributed by atoms with Crippen molar-refractivity contribution in [2.45, 2.75) is 44.2 Å². The largest absolute Gasteiger partial charge is 0.381 e. The van der Waals surface area contributed by atoms with Gasteiger partial charge < -0.3 is 24.8 Å². The number of carbonyl (C=O) groups excluding carboxylic acids is 2. The number of ether oxygens (including phenoxy) is 1. The van der Waals surface area contributed by atoms with Crippen LogP contribution in [0.3, 0.4) is 0 Å². The van der Waals surface area contributed by atoms with Crippen molar-refractivity contribution in [1.29, 1.82) is 0 Å². The van der Waals surface area contributed by atoms with Crippen LogP contribution in [0.4, 0.5) is 0 Å². The lowest BCUT2D eigenvalue weighted by atomic mass is 9.91. The van der Waals surface area contributed by atoms with E-state index in [0.717, 1.165) is 76.2 Å². The van der Waals surface area contributed by atoms with E-state index in [1.807, 2.05) is 17.0 Å². The molecule has 2 aromatic rings. The van der Waals surface area contributed by atoms with Crippen molar-refractivity contribution in [3.63, 3.8) is 0 Å². The number of piperidine rings is 1. The Kier molecular flexibility index (Phi) is 9.75. The molecule has 3 saturated heterocycles. The molecule has 8 nitrogen and oxygen atoms in total. The predicted molar refractivity (Wildman–Crippen MR) is 149 cm³/mol. The Morgan fingerprint density at radius 1 is 1.05 bits per heavy atom. The van der Waals surface area contributed by atoms with Crippen LogP contribution in [0.25, 0.3) is 10.9 Å². The summed E-state index contributed by atoms with van der Waals surface area (Å²) in [5, 5.41) is 4.58. The number of benzene rings is 1. The summed E-state index contributed by atoms with van der Waals surface area (Å²) in [6.07, 6.45) is 4.89. The van der Waals surface area contributed by atoms with E-state index in [0.29, 0.717) is 29.1 Å². The Labute approximate surface area is 230 Å². The average Bonchev–Trinajstić information content (AvgIpc) is 3.32. The maximum absolute atomic E-state index is 13.7. The highest BCUT2D eigenvalue weighted by Crippen LogP contribution is 2.24. The number of piperazine rings is 1. The third-order valence-electron chi connectivity index (χ3n) is 8.17. The number of halogens is 2. The van der Waals surface area contributed by atoms with E-state index in [2.05, 4.69) is 27.1 Å². The van der Waals surface area contributed by atoms with Gasteiger partial charge in [0.2, 0.25) is 5.91 Å². The number of hydrogen-bond donors (Lipinski definition) is 2. The molecule has 0 unspecified atom stereocenters. The van der Waals surface area contributed by atoms with Gasteiger partial charge in [0, 0.05) is 61.4 Å². The van der Waals surface area contributed by atoms with E-state index in [9.17, 15) is 9.59 Å². The van der Waals surface area contributed by atoms with Crippen LogP contribution >= 0.6 is 24.0 Å². The number of amides is 2. The number of nitrogens with one attached hydrogen (secondary N) is 2. The zero-order valence-electron chi connectivity index (χ0n) is 21.6. The van der Waals surface area contributed by atoms with Gasteiger partial charge in [-0.15, -0.1) is 12.4 Å². The summed E-state index contributed by atoms with van der Waals surface area (Å²) in [5.74, 6) is 0.157. The third kappa shape index (κ3) is 6.98.